The van der Waals surface area contributed by atoms with Crippen LogP contribution in [0.4, 0.5) is 18.9 Å². The van der Waals surface area contributed by atoms with E-state index in [2.05, 4.69) is 0 Å². The average molecular weight is 335 g/mol. The van der Waals surface area contributed by atoms with E-state index in [1.54, 1.807) is 0 Å². The molecule has 0 aliphatic rings. The predicted octanol–water partition coefficient (Wildman–Crippen LogP) is 4.39. The van der Waals surface area contributed by atoms with Crippen molar-refractivity contribution in [2.45, 2.75) is 6.18 Å². The number of rotatable bonds is 2. The van der Waals surface area contributed by atoms with E-state index in [0.717, 1.165) is 24.3 Å². The van der Waals surface area contributed by atoms with Gasteiger partial charge in [0.2, 0.25) is 0 Å². The summed E-state index contributed by atoms with van der Waals surface area (Å²) >= 11 is 0. The number of hydrogen-bond donors (Lipinski definition) is 0. The van der Waals surface area contributed by atoms with E-state index >= 15 is 0 Å². The first-order valence-corrected chi connectivity index (χ1v) is 6.67. The van der Waals surface area contributed by atoms with Crippen LogP contribution in [0.1, 0.15) is 5.56 Å². The molecule has 1 heterocycles. The third kappa shape index (κ3) is 2.62. The van der Waals surface area contributed by atoms with Gasteiger partial charge in [-0.25, -0.2) is 4.79 Å². The summed E-state index contributed by atoms with van der Waals surface area (Å²) in [7, 11) is 0. The van der Waals surface area contributed by atoms with E-state index in [1.807, 2.05) is 0 Å². The van der Waals surface area contributed by atoms with Gasteiger partial charge in [0.05, 0.1) is 10.3 Å². The summed E-state index contributed by atoms with van der Waals surface area (Å²) in [4.78, 5) is 22.0. The number of alkyl halides is 3. The summed E-state index contributed by atoms with van der Waals surface area (Å²) in [6.45, 7) is 0. The van der Waals surface area contributed by atoms with Crippen LogP contribution in [-0.4, -0.2) is 4.92 Å². The van der Waals surface area contributed by atoms with Gasteiger partial charge in [-0.15, -0.1) is 0 Å². The Morgan fingerprint density at radius 2 is 1.54 bits per heavy atom. The first kappa shape index (κ1) is 15.7. The number of halogens is 3. The minimum atomic E-state index is -4.77. The van der Waals surface area contributed by atoms with Gasteiger partial charge in [0.1, 0.15) is 5.56 Å². The van der Waals surface area contributed by atoms with Crippen LogP contribution in [0.25, 0.3) is 22.1 Å². The molecule has 0 fully saturated rings. The molecule has 8 heteroatoms. The molecular weight excluding hydrogens is 327 g/mol. The van der Waals surface area contributed by atoms with Gasteiger partial charge in [0.15, 0.2) is 5.76 Å². The van der Waals surface area contributed by atoms with Crippen LogP contribution in [0.2, 0.25) is 0 Å². The first-order chi connectivity index (χ1) is 11.3. The monoisotopic (exact) mass is 335 g/mol. The van der Waals surface area contributed by atoms with Crippen LogP contribution in [0.5, 0.6) is 0 Å². The van der Waals surface area contributed by atoms with Gasteiger partial charge >= 0.3 is 11.8 Å². The summed E-state index contributed by atoms with van der Waals surface area (Å²) in [6.07, 6.45) is -4.77. The summed E-state index contributed by atoms with van der Waals surface area (Å²) in [5.41, 5.74) is -2.36. The SMILES string of the molecule is O=c1oc(-c2ccc([N+](=O)[O-])cc2)c(C(F)(F)F)c2ccccc12. The zero-order valence-corrected chi connectivity index (χ0v) is 11.8. The second-order valence-electron chi connectivity index (χ2n) is 4.94. The zero-order valence-electron chi connectivity index (χ0n) is 11.8. The third-order valence-electron chi connectivity index (χ3n) is 3.46. The lowest BCUT2D eigenvalue weighted by Crippen LogP contribution is -2.13. The maximum atomic E-state index is 13.5. The molecule has 3 aromatic rings. The maximum absolute atomic E-state index is 13.5. The molecule has 0 radical (unpaired) electrons. The fourth-order valence-electron chi connectivity index (χ4n) is 2.42. The average Bonchev–Trinajstić information content (AvgIpc) is 2.53. The lowest BCUT2D eigenvalue weighted by molar-refractivity contribution is -0.384. The Hall–Kier alpha value is -3.16. The van der Waals surface area contributed by atoms with Crippen molar-refractivity contribution in [1.29, 1.82) is 0 Å². The summed E-state index contributed by atoms with van der Waals surface area (Å²) in [5, 5.41) is 10.2. The molecule has 1 aromatic heterocycles. The molecule has 5 nitrogen and oxygen atoms in total. The van der Waals surface area contributed by atoms with Crippen LogP contribution in [-0.2, 0) is 6.18 Å². The van der Waals surface area contributed by atoms with E-state index in [4.69, 9.17) is 4.42 Å². The molecule has 2 aromatic carbocycles. The molecule has 0 amide bonds. The Bertz CT molecular complexity index is 991. The van der Waals surface area contributed by atoms with Crippen LogP contribution in [0.15, 0.2) is 57.7 Å². The van der Waals surface area contributed by atoms with Crippen LogP contribution >= 0.6 is 0 Å². The van der Waals surface area contributed by atoms with Crippen molar-refractivity contribution in [2.75, 3.05) is 0 Å². The van der Waals surface area contributed by atoms with Gasteiger partial charge in [-0.05, 0) is 18.2 Å². The van der Waals surface area contributed by atoms with Gasteiger partial charge in [-0.2, -0.15) is 13.2 Å². The lowest BCUT2D eigenvalue weighted by Gasteiger charge is -2.14. The van der Waals surface area contributed by atoms with Gasteiger partial charge < -0.3 is 4.42 Å². The van der Waals surface area contributed by atoms with Crippen molar-refractivity contribution in [1.82, 2.24) is 0 Å². The van der Waals surface area contributed by atoms with Crippen LogP contribution in [0.3, 0.4) is 0 Å². The van der Waals surface area contributed by atoms with Gasteiger partial charge in [0.25, 0.3) is 5.69 Å². The zero-order chi connectivity index (χ0) is 17.5. The Kier molecular flexibility index (Phi) is 3.59. The summed E-state index contributed by atoms with van der Waals surface area (Å²) in [5.74, 6) is -0.666. The van der Waals surface area contributed by atoms with E-state index < -0.39 is 28.0 Å². The minimum Gasteiger partial charge on any atom is -0.422 e. The molecule has 122 valence electrons. The highest BCUT2D eigenvalue weighted by Gasteiger charge is 2.38. The Morgan fingerprint density at radius 1 is 0.958 bits per heavy atom. The van der Waals surface area contributed by atoms with Crippen molar-refractivity contribution in [3.63, 3.8) is 0 Å². The fourth-order valence-corrected chi connectivity index (χ4v) is 2.42. The largest absolute Gasteiger partial charge is 0.422 e. The van der Waals surface area contributed by atoms with Gasteiger partial charge in [0, 0.05) is 23.1 Å². The molecule has 0 spiro atoms. The quantitative estimate of drug-likeness (QED) is 0.514. The number of fused-ring (bicyclic) bond motifs is 1. The van der Waals surface area contributed by atoms with Crippen molar-refractivity contribution >= 4 is 16.5 Å². The maximum Gasteiger partial charge on any atom is 0.420 e. The third-order valence-corrected chi connectivity index (χ3v) is 3.46. The molecule has 0 unspecified atom stereocenters. The molecule has 0 N–H and O–H groups in total. The number of nitro benzene ring substituents is 1. The second-order valence-corrected chi connectivity index (χ2v) is 4.94. The minimum absolute atomic E-state index is 0.0734. The van der Waals surface area contributed by atoms with Gasteiger partial charge in [-0.3, -0.25) is 10.1 Å². The smallest absolute Gasteiger partial charge is 0.420 e. The van der Waals surface area contributed by atoms with Crippen LogP contribution in [0, 0.1) is 10.1 Å². The molecule has 0 saturated carbocycles. The van der Waals surface area contributed by atoms with E-state index in [0.29, 0.717) is 0 Å². The highest BCUT2D eigenvalue weighted by molar-refractivity contribution is 5.89. The predicted molar refractivity (Wildman–Crippen MR) is 79.6 cm³/mol. The molecule has 0 bridgehead atoms. The normalized spacial score (nSPS) is 11.6. The standard InChI is InChI=1S/C16H8F3NO4/c17-16(18,19)13-11-3-1-2-4-12(11)15(21)24-14(13)9-5-7-10(8-6-9)20(22)23/h1-8H. The van der Waals surface area contributed by atoms with E-state index in [-0.39, 0.29) is 22.0 Å². The van der Waals surface area contributed by atoms with Crippen molar-refractivity contribution < 1.29 is 22.5 Å². The molecule has 0 atom stereocenters. The highest BCUT2D eigenvalue weighted by Crippen LogP contribution is 2.40. The molecule has 0 aliphatic carbocycles. The molecule has 3 rings (SSSR count). The molecular formula is C16H8F3NO4. The summed E-state index contributed by atoms with van der Waals surface area (Å²) < 4.78 is 45.5. The second kappa shape index (κ2) is 5.48. The van der Waals surface area contributed by atoms with Crippen molar-refractivity contribution in [3.05, 3.63) is 74.6 Å². The number of nitro groups is 1. The first-order valence-electron chi connectivity index (χ1n) is 6.67. The number of nitrogens with zero attached hydrogens (tertiary/aromatic N) is 1. The topological polar surface area (TPSA) is 73.3 Å². The van der Waals surface area contributed by atoms with Crippen molar-refractivity contribution in [2.24, 2.45) is 0 Å². The Morgan fingerprint density at radius 3 is 2.08 bits per heavy atom. The number of hydrogen-bond acceptors (Lipinski definition) is 4. The molecule has 0 saturated heterocycles. The van der Waals surface area contributed by atoms with E-state index in [1.165, 1.54) is 24.3 Å². The van der Waals surface area contributed by atoms with Gasteiger partial charge in [-0.1, -0.05) is 18.2 Å². The Balaban J connectivity index is 2.35. The number of non-ortho nitro benzene ring substituents is 1. The highest BCUT2D eigenvalue weighted by atomic mass is 19.4. The fraction of sp³-hybridized carbons (Fsp3) is 0.0625. The summed E-state index contributed by atoms with van der Waals surface area (Å²) in [6, 6.07) is 9.57. The Labute approximate surface area is 132 Å². The number of benzene rings is 2. The van der Waals surface area contributed by atoms with E-state index in [9.17, 15) is 28.1 Å². The molecule has 24 heavy (non-hydrogen) atoms. The lowest BCUT2D eigenvalue weighted by atomic mass is 10.0. The van der Waals surface area contributed by atoms with Crippen molar-refractivity contribution in [3.8, 4) is 11.3 Å². The van der Waals surface area contributed by atoms with Crippen LogP contribution < -0.4 is 5.63 Å². The molecule has 0 aliphatic heterocycles.